The molecule has 0 saturated carbocycles. The number of ketones is 1. The molecule has 1 aromatic rings. The smallest absolute Gasteiger partial charge is 0.312 e. The van der Waals surface area contributed by atoms with Crippen molar-refractivity contribution >= 4 is 27.4 Å². The second kappa shape index (κ2) is 6.63. The maximum absolute atomic E-state index is 11.5. The summed E-state index contributed by atoms with van der Waals surface area (Å²) in [7, 11) is 0. The average molecular weight is 332 g/mol. The van der Waals surface area contributed by atoms with Crippen LogP contribution >= 0.6 is 15.9 Å². The largest absolute Gasteiger partial charge is 0.484 e. The Morgan fingerprint density at radius 1 is 1.58 bits per heavy atom. The molecule has 1 atom stereocenters. The Hall–Kier alpha value is -1.47. The van der Waals surface area contributed by atoms with Crippen molar-refractivity contribution in [3.8, 4) is 5.75 Å². The highest BCUT2D eigenvalue weighted by Crippen LogP contribution is 2.35. The van der Waals surface area contributed by atoms with Crippen LogP contribution in [0.5, 0.6) is 5.75 Å². The number of carbonyl (C=O) groups excluding carboxylic acids is 1. The third kappa shape index (κ3) is 4.00. The first-order valence-corrected chi connectivity index (χ1v) is 6.45. The number of Topliss-reactive ketones (excluding diaryl/α,β-unsaturated/α-hetero) is 1. The zero-order valence-corrected chi connectivity index (χ0v) is 12.1. The van der Waals surface area contributed by atoms with E-state index in [1.54, 1.807) is 6.92 Å². The van der Waals surface area contributed by atoms with Crippen LogP contribution in [-0.4, -0.2) is 28.5 Å². The van der Waals surface area contributed by atoms with Gasteiger partial charge in [-0.15, -0.1) is 0 Å². The number of ether oxygens (including phenoxy) is 1. The van der Waals surface area contributed by atoms with Crippen LogP contribution in [0.25, 0.3) is 0 Å². The Kier molecular flexibility index (Phi) is 5.44. The van der Waals surface area contributed by atoms with E-state index in [1.165, 1.54) is 19.1 Å². The van der Waals surface area contributed by atoms with Crippen LogP contribution in [0, 0.1) is 10.1 Å². The minimum Gasteiger partial charge on any atom is -0.484 e. The van der Waals surface area contributed by atoms with Gasteiger partial charge in [0.05, 0.1) is 16.6 Å². The SMILES string of the molecule is CCC(O)COc1c(C(C)=O)cc(Br)cc1[N+](=O)[O-]. The number of halogens is 1. The van der Waals surface area contributed by atoms with Gasteiger partial charge in [-0.25, -0.2) is 0 Å². The number of aliphatic hydroxyl groups excluding tert-OH is 1. The van der Waals surface area contributed by atoms with Gasteiger partial charge in [-0.05, 0) is 19.4 Å². The van der Waals surface area contributed by atoms with E-state index in [-0.39, 0.29) is 29.4 Å². The second-order valence-corrected chi connectivity index (χ2v) is 4.90. The fraction of sp³-hybridized carbons (Fsp3) is 0.417. The molecule has 6 nitrogen and oxygen atoms in total. The molecule has 0 amide bonds. The van der Waals surface area contributed by atoms with Crippen molar-refractivity contribution in [2.75, 3.05) is 6.61 Å². The van der Waals surface area contributed by atoms with Gasteiger partial charge in [-0.3, -0.25) is 14.9 Å². The van der Waals surface area contributed by atoms with Crippen molar-refractivity contribution in [2.45, 2.75) is 26.4 Å². The van der Waals surface area contributed by atoms with Gasteiger partial charge in [0, 0.05) is 10.5 Å². The maximum atomic E-state index is 11.5. The third-order valence-corrected chi connectivity index (χ3v) is 2.96. The van der Waals surface area contributed by atoms with Crippen molar-refractivity contribution in [1.82, 2.24) is 0 Å². The lowest BCUT2D eigenvalue weighted by Gasteiger charge is -2.13. The molecule has 0 spiro atoms. The number of nitrogens with zero attached hydrogens (tertiary/aromatic N) is 1. The molecule has 19 heavy (non-hydrogen) atoms. The fourth-order valence-corrected chi connectivity index (χ4v) is 1.87. The quantitative estimate of drug-likeness (QED) is 0.491. The van der Waals surface area contributed by atoms with Crippen molar-refractivity contribution in [2.24, 2.45) is 0 Å². The molecule has 0 aromatic heterocycles. The first-order chi connectivity index (χ1) is 8.86. The molecule has 7 heteroatoms. The Balaban J connectivity index is 3.23. The normalized spacial score (nSPS) is 12.0. The molecule has 0 radical (unpaired) electrons. The molecule has 1 N–H and O–H groups in total. The van der Waals surface area contributed by atoms with E-state index < -0.39 is 11.0 Å². The summed E-state index contributed by atoms with van der Waals surface area (Å²) < 4.78 is 5.69. The van der Waals surface area contributed by atoms with Crippen LogP contribution in [0.3, 0.4) is 0 Å². The van der Waals surface area contributed by atoms with Gasteiger partial charge in [0.2, 0.25) is 5.75 Å². The summed E-state index contributed by atoms with van der Waals surface area (Å²) in [6, 6.07) is 2.73. The van der Waals surface area contributed by atoms with Crippen molar-refractivity contribution in [3.05, 3.63) is 32.3 Å². The van der Waals surface area contributed by atoms with E-state index in [0.29, 0.717) is 10.9 Å². The van der Waals surface area contributed by atoms with Gasteiger partial charge < -0.3 is 9.84 Å². The van der Waals surface area contributed by atoms with E-state index in [1.807, 2.05) is 0 Å². The van der Waals surface area contributed by atoms with E-state index in [4.69, 9.17) is 4.74 Å². The zero-order valence-electron chi connectivity index (χ0n) is 10.6. The molecule has 1 aromatic carbocycles. The lowest BCUT2D eigenvalue weighted by Crippen LogP contribution is -2.17. The minimum absolute atomic E-state index is 0.0980. The monoisotopic (exact) mass is 331 g/mol. The summed E-state index contributed by atoms with van der Waals surface area (Å²) in [6.45, 7) is 2.96. The fourth-order valence-electron chi connectivity index (χ4n) is 1.43. The number of aliphatic hydroxyl groups is 1. The molecule has 0 aliphatic rings. The number of carbonyl (C=O) groups is 1. The van der Waals surface area contributed by atoms with E-state index in [9.17, 15) is 20.0 Å². The Labute approximate surface area is 118 Å². The van der Waals surface area contributed by atoms with Gasteiger partial charge in [0.15, 0.2) is 5.78 Å². The standard InChI is InChI=1S/C12H14BrNO5/c1-3-9(16)6-19-12-10(7(2)15)4-8(13)5-11(12)14(17)18/h4-5,9,16H,3,6H2,1-2H3. The van der Waals surface area contributed by atoms with Gasteiger partial charge in [-0.2, -0.15) is 0 Å². The van der Waals surface area contributed by atoms with Gasteiger partial charge in [0.1, 0.15) is 6.61 Å². The van der Waals surface area contributed by atoms with E-state index >= 15 is 0 Å². The van der Waals surface area contributed by atoms with Crippen LogP contribution in [0.4, 0.5) is 5.69 Å². The molecule has 0 aliphatic heterocycles. The van der Waals surface area contributed by atoms with Crippen LogP contribution in [0.1, 0.15) is 30.6 Å². The minimum atomic E-state index is -0.733. The molecule has 0 aliphatic carbocycles. The lowest BCUT2D eigenvalue weighted by atomic mass is 10.1. The summed E-state index contributed by atoms with van der Waals surface area (Å²) in [5.74, 6) is -0.446. The molecular formula is C12H14BrNO5. The summed E-state index contributed by atoms with van der Waals surface area (Å²) in [4.78, 5) is 21.9. The number of nitro benzene ring substituents is 1. The van der Waals surface area contributed by atoms with Gasteiger partial charge in [-0.1, -0.05) is 22.9 Å². The predicted octanol–water partition coefficient (Wildman–Crippen LogP) is 2.71. The summed E-state index contributed by atoms with van der Waals surface area (Å²) in [5, 5.41) is 20.4. The van der Waals surface area contributed by atoms with E-state index in [2.05, 4.69) is 15.9 Å². The van der Waals surface area contributed by atoms with Crippen molar-refractivity contribution < 1.29 is 19.6 Å². The Morgan fingerprint density at radius 3 is 2.68 bits per heavy atom. The average Bonchev–Trinajstić information content (AvgIpc) is 2.35. The topological polar surface area (TPSA) is 89.7 Å². The van der Waals surface area contributed by atoms with Crippen molar-refractivity contribution in [3.63, 3.8) is 0 Å². The molecule has 0 bridgehead atoms. The molecule has 1 rings (SSSR count). The first kappa shape index (κ1) is 15.6. The Morgan fingerprint density at radius 2 is 2.21 bits per heavy atom. The number of hydrogen-bond donors (Lipinski definition) is 1. The summed E-state index contributed by atoms with van der Waals surface area (Å²) >= 11 is 3.12. The molecular weight excluding hydrogens is 318 g/mol. The van der Waals surface area contributed by atoms with Crippen molar-refractivity contribution in [1.29, 1.82) is 0 Å². The zero-order chi connectivity index (χ0) is 14.6. The molecule has 0 saturated heterocycles. The number of rotatable bonds is 6. The van der Waals surface area contributed by atoms with Crippen LogP contribution in [0.2, 0.25) is 0 Å². The highest BCUT2D eigenvalue weighted by atomic mass is 79.9. The predicted molar refractivity (Wildman–Crippen MR) is 72.6 cm³/mol. The summed E-state index contributed by atoms with van der Waals surface area (Å²) in [5.41, 5.74) is -0.188. The maximum Gasteiger partial charge on any atom is 0.312 e. The van der Waals surface area contributed by atoms with Gasteiger partial charge >= 0.3 is 5.69 Å². The molecule has 0 heterocycles. The summed E-state index contributed by atoms with van der Waals surface area (Å²) in [6.07, 6.45) is -0.275. The number of hydrogen-bond acceptors (Lipinski definition) is 5. The van der Waals surface area contributed by atoms with Gasteiger partial charge in [0.25, 0.3) is 0 Å². The van der Waals surface area contributed by atoms with Crippen LogP contribution in [0.15, 0.2) is 16.6 Å². The highest BCUT2D eigenvalue weighted by molar-refractivity contribution is 9.10. The highest BCUT2D eigenvalue weighted by Gasteiger charge is 2.23. The first-order valence-electron chi connectivity index (χ1n) is 5.66. The van der Waals surface area contributed by atoms with Crippen LogP contribution < -0.4 is 4.74 Å². The second-order valence-electron chi connectivity index (χ2n) is 3.99. The molecule has 0 fully saturated rings. The number of benzene rings is 1. The van der Waals surface area contributed by atoms with E-state index in [0.717, 1.165) is 0 Å². The lowest BCUT2D eigenvalue weighted by molar-refractivity contribution is -0.386. The molecule has 1 unspecified atom stereocenters. The van der Waals surface area contributed by atoms with Crippen LogP contribution in [-0.2, 0) is 0 Å². The Bertz CT molecular complexity index is 468. The molecule has 104 valence electrons. The third-order valence-electron chi connectivity index (χ3n) is 2.50. The number of nitro groups is 1.